The summed E-state index contributed by atoms with van der Waals surface area (Å²) in [6.45, 7) is 3.40. The summed E-state index contributed by atoms with van der Waals surface area (Å²) >= 11 is 0. The SMILES string of the molecule is [CH2]c1ccccc1C(O)C(F)(F)F. The van der Waals surface area contributed by atoms with Crippen LogP contribution in [0.4, 0.5) is 13.2 Å². The van der Waals surface area contributed by atoms with Crippen molar-refractivity contribution >= 4 is 0 Å². The van der Waals surface area contributed by atoms with Crippen LogP contribution in [0.25, 0.3) is 0 Å². The molecule has 1 aromatic carbocycles. The first-order chi connectivity index (χ1) is 5.93. The van der Waals surface area contributed by atoms with E-state index in [4.69, 9.17) is 5.11 Å². The van der Waals surface area contributed by atoms with Gasteiger partial charge < -0.3 is 5.11 Å². The maximum Gasteiger partial charge on any atom is 0.418 e. The van der Waals surface area contributed by atoms with Crippen molar-refractivity contribution in [1.29, 1.82) is 0 Å². The summed E-state index contributed by atoms with van der Waals surface area (Å²) in [5.74, 6) is 0. The van der Waals surface area contributed by atoms with Crippen LogP contribution in [0.5, 0.6) is 0 Å². The van der Waals surface area contributed by atoms with Gasteiger partial charge in [0.15, 0.2) is 6.10 Å². The lowest BCUT2D eigenvalue weighted by Gasteiger charge is -2.16. The fourth-order valence-electron chi connectivity index (χ4n) is 0.977. The molecule has 0 saturated carbocycles. The Morgan fingerprint density at radius 3 is 2.23 bits per heavy atom. The first-order valence-electron chi connectivity index (χ1n) is 3.58. The first kappa shape index (κ1) is 10.1. The van der Waals surface area contributed by atoms with Crippen LogP contribution in [-0.2, 0) is 0 Å². The normalized spacial score (nSPS) is 14.2. The van der Waals surface area contributed by atoms with Crippen LogP contribution < -0.4 is 0 Å². The minimum absolute atomic E-state index is 0.187. The molecule has 0 spiro atoms. The topological polar surface area (TPSA) is 20.2 Å². The van der Waals surface area contributed by atoms with E-state index in [9.17, 15) is 13.2 Å². The van der Waals surface area contributed by atoms with Crippen LogP contribution in [0, 0.1) is 6.92 Å². The van der Waals surface area contributed by atoms with Crippen molar-refractivity contribution in [3.05, 3.63) is 42.3 Å². The third-order valence-electron chi connectivity index (χ3n) is 1.66. The number of aliphatic hydroxyl groups excluding tert-OH is 1. The van der Waals surface area contributed by atoms with Crippen molar-refractivity contribution in [2.24, 2.45) is 0 Å². The zero-order chi connectivity index (χ0) is 10.1. The summed E-state index contributed by atoms with van der Waals surface area (Å²) in [6.07, 6.45) is -7.07. The van der Waals surface area contributed by atoms with Gasteiger partial charge in [-0.1, -0.05) is 24.3 Å². The second-order valence-corrected chi connectivity index (χ2v) is 2.64. The minimum atomic E-state index is -4.63. The Morgan fingerprint density at radius 2 is 1.77 bits per heavy atom. The average molecular weight is 189 g/mol. The van der Waals surface area contributed by atoms with Gasteiger partial charge in [-0.3, -0.25) is 0 Å². The number of hydrogen-bond acceptors (Lipinski definition) is 1. The van der Waals surface area contributed by atoms with Crippen molar-refractivity contribution in [2.45, 2.75) is 12.3 Å². The van der Waals surface area contributed by atoms with E-state index in [1.807, 2.05) is 0 Å². The molecule has 0 saturated heterocycles. The third kappa shape index (κ3) is 2.21. The molecule has 0 aliphatic rings. The largest absolute Gasteiger partial charge is 0.418 e. The van der Waals surface area contributed by atoms with Gasteiger partial charge in [-0.2, -0.15) is 13.2 Å². The number of hydrogen-bond donors (Lipinski definition) is 1. The molecule has 13 heavy (non-hydrogen) atoms. The second kappa shape index (κ2) is 3.38. The summed E-state index contributed by atoms with van der Waals surface area (Å²) < 4.78 is 36.1. The van der Waals surface area contributed by atoms with Gasteiger partial charge in [0.1, 0.15) is 0 Å². The highest BCUT2D eigenvalue weighted by atomic mass is 19.4. The summed E-state index contributed by atoms with van der Waals surface area (Å²) in [5, 5.41) is 8.87. The van der Waals surface area contributed by atoms with E-state index in [0.29, 0.717) is 0 Å². The Labute approximate surface area is 73.8 Å². The van der Waals surface area contributed by atoms with Gasteiger partial charge >= 0.3 is 6.18 Å². The van der Waals surface area contributed by atoms with Gasteiger partial charge in [-0.05, 0) is 18.1 Å². The highest BCUT2D eigenvalue weighted by molar-refractivity contribution is 5.31. The predicted molar refractivity (Wildman–Crippen MR) is 41.9 cm³/mol. The van der Waals surface area contributed by atoms with E-state index in [-0.39, 0.29) is 11.1 Å². The van der Waals surface area contributed by atoms with E-state index in [2.05, 4.69) is 6.92 Å². The molecule has 71 valence electrons. The maximum atomic E-state index is 12.0. The standard InChI is InChI=1S/C9H8F3O/c1-6-4-2-3-5-7(6)8(13)9(10,11)12/h2-5,8,13H,1H2. The van der Waals surface area contributed by atoms with Crippen LogP contribution in [0.2, 0.25) is 0 Å². The number of alkyl halides is 3. The van der Waals surface area contributed by atoms with Gasteiger partial charge in [-0.15, -0.1) is 0 Å². The summed E-state index contributed by atoms with van der Waals surface area (Å²) in [7, 11) is 0. The molecule has 0 fully saturated rings. The molecule has 0 aliphatic carbocycles. The van der Waals surface area contributed by atoms with Gasteiger partial charge in [0.05, 0.1) is 0 Å². The van der Waals surface area contributed by atoms with Gasteiger partial charge in [0.25, 0.3) is 0 Å². The van der Waals surface area contributed by atoms with Crippen LogP contribution in [-0.4, -0.2) is 11.3 Å². The Balaban J connectivity index is 3.02. The van der Waals surface area contributed by atoms with Crippen LogP contribution in [0.15, 0.2) is 24.3 Å². The van der Waals surface area contributed by atoms with E-state index in [1.54, 1.807) is 6.07 Å². The third-order valence-corrected chi connectivity index (χ3v) is 1.66. The lowest BCUT2D eigenvalue weighted by Crippen LogP contribution is -2.20. The molecule has 1 rings (SSSR count). The molecular weight excluding hydrogens is 181 g/mol. The highest BCUT2D eigenvalue weighted by Crippen LogP contribution is 2.33. The summed E-state index contributed by atoms with van der Waals surface area (Å²) in [6, 6.07) is 5.62. The highest BCUT2D eigenvalue weighted by Gasteiger charge is 2.39. The lowest BCUT2D eigenvalue weighted by atomic mass is 10.0. The van der Waals surface area contributed by atoms with Crippen molar-refractivity contribution in [3.8, 4) is 0 Å². The van der Waals surface area contributed by atoms with E-state index in [1.165, 1.54) is 18.2 Å². The number of halogens is 3. The average Bonchev–Trinajstić information content (AvgIpc) is 2.02. The zero-order valence-corrected chi connectivity index (χ0v) is 6.67. The number of aliphatic hydroxyl groups is 1. The van der Waals surface area contributed by atoms with Gasteiger partial charge in [0.2, 0.25) is 0 Å². The predicted octanol–water partition coefficient (Wildman–Crippen LogP) is 2.46. The Hall–Kier alpha value is -1.03. The van der Waals surface area contributed by atoms with Gasteiger partial charge in [-0.25, -0.2) is 0 Å². The van der Waals surface area contributed by atoms with Crippen LogP contribution in [0.3, 0.4) is 0 Å². The fourth-order valence-corrected chi connectivity index (χ4v) is 0.977. The molecule has 0 heterocycles. The Bertz CT molecular complexity index is 293. The molecule has 0 aliphatic heterocycles. The van der Waals surface area contributed by atoms with E-state index in [0.717, 1.165) is 0 Å². The second-order valence-electron chi connectivity index (χ2n) is 2.64. The lowest BCUT2D eigenvalue weighted by molar-refractivity contribution is -0.206. The molecule has 0 bridgehead atoms. The molecule has 1 radical (unpaired) electrons. The van der Waals surface area contributed by atoms with Crippen LogP contribution in [0.1, 0.15) is 17.2 Å². The molecule has 1 N–H and O–H groups in total. The number of rotatable bonds is 1. The summed E-state index contributed by atoms with van der Waals surface area (Å²) in [4.78, 5) is 0. The molecule has 1 nitrogen and oxygen atoms in total. The molecule has 1 atom stereocenters. The number of benzene rings is 1. The molecule has 1 aromatic rings. The summed E-state index contributed by atoms with van der Waals surface area (Å²) in [5.41, 5.74) is -0.0117. The maximum absolute atomic E-state index is 12.0. The van der Waals surface area contributed by atoms with E-state index < -0.39 is 12.3 Å². The molecule has 0 amide bonds. The molecule has 4 heteroatoms. The Morgan fingerprint density at radius 1 is 1.23 bits per heavy atom. The smallest absolute Gasteiger partial charge is 0.379 e. The monoisotopic (exact) mass is 189 g/mol. The Kier molecular flexibility index (Phi) is 2.61. The van der Waals surface area contributed by atoms with Crippen molar-refractivity contribution in [1.82, 2.24) is 0 Å². The van der Waals surface area contributed by atoms with Crippen molar-refractivity contribution in [2.75, 3.05) is 0 Å². The first-order valence-corrected chi connectivity index (χ1v) is 3.58. The van der Waals surface area contributed by atoms with Gasteiger partial charge in [0, 0.05) is 0 Å². The molecule has 0 aromatic heterocycles. The molecule has 1 unspecified atom stereocenters. The zero-order valence-electron chi connectivity index (χ0n) is 6.67. The van der Waals surface area contributed by atoms with E-state index >= 15 is 0 Å². The fraction of sp³-hybridized carbons (Fsp3) is 0.222. The minimum Gasteiger partial charge on any atom is -0.379 e. The molecular formula is C9H8F3O. The van der Waals surface area contributed by atoms with Crippen molar-refractivity contribution in [3.63, 3.8) is 0 Å². The van der Waals surface area contributed by atoms with Crippen LogP contribution >= 0.6 is 0 Å². The van der Waals surface area contributed by atoms with Crippen molar-refractivity contribution < 1.29 is 18.3 Å². The quantitative estimate of drug-likeness (QED) is 0.719.